The number of hydrogen-bond acceptors (Lipinski definition) is 5. The SMILES string of the molecule is N[C@H](Cc1c[nH]c2ccccc12)NC(=O)O[C@H]1CCCCN1S(=O)(=O)c1ccc2ccccc2c1. The Balaban J connectivity index is 1.27. The lowest BCUT2D eigenvalue weighted by molar-refractivity contribution is 0.00825. The van der Waals surface area contributed by atoms with E-state index in [2.05, 4.69) is 10.3 Å². The fraction of sp³-hybridized carbons (Fsp3) is 0.269. The van der Waals surface area contributed by atoms with Crippen molar-refractivity contribution in [1.29, 1.82) is 0 Å². The fourth-order valence-corrected chi connectivity index (χ4v) is 6.24. The molecule has 0 radical (unpaired) electrons. The summed E-state index contributed by atoms with van der Waals surface area (Å²) < 4.78 is 33.8. The van der Waals surface area contributed by atoms with Crippen LogP contribution in [0.1, 0.15) is 24.8 Å². The van der Waals surface area contributed by atoms with E-state index in [0.29, 0.717) is 19.3 Å². The van der Waals surface area contributed by atoms with Crippen molar-refractivity contribution in [3.8, 4) is 0 Å². The first-order chi connectivity index (χ1) is 16.9. The lowest BCUT2D eigenvalue weighted by Gasteiger charge is -2.34. The van der Waals surface area contributed by atoms with Crippen LogP contribution in [0.2, 0.25) is 0 Å². The van der Waals surface area contributed by atoms with Gasteiger partial charge in [-0.25, -0.2) is 13.2 Å². The van der Waals surface area contributed by atoms with E-state index in [-0.39, 0.29) is 11.4 Å². The Labute approximate surface area is 204 Å². The zero-order chi connectivity index (χ0) is 24.4. The number of rotatable bonds is 6. The Bertz CT molecular complexity index is 1470. The summed E-state index contributed by atoms with van der Waals surface area (Å²) in [6.45, 7) is 0.286. The minimum atomic E-state index is -3.85. The number of carbonyl (C=O) groups is 1. The van der Waals surface area contributed by atoms with Gasteiger partial charge in [-0.3, -0.25) is 0 Å². The molecule has 182 valence electrons. The number of nitrogens with zero attached hydrogens (tertiary/aromatic N) is 1. The molecule has 5 rings (SSSR count). The number of sulfonamides is 1. The standard InChI is InChI=1S/C26H28N4O4S/c27-24(16-20-17-28-23-10-4-3-9-22(20)23)29-26(31)34-25-11-5-6-14-30(25)35(32,33)21-13-12-18-7-1-2-8-19(18)15-21/h1-4,7-10,12-13,15,17,24-25,28H,5-6,11,14,16,27H2,(H,29,31)/t24-,25-/m0/s1. The molecule has 4 N–H and O–H groups in total. The van der Waals surface area contributed by atoms with E-state index in [1.165, 1.54) is 4.31 Å². The average Bonchev–Trinajstić information content (AvgIpc) is 3.26. The van der Waals surface area contributed by atoms with Crippen LogP contribution in [0, 0.1) is 0 Å². The van der Waals surface area contributed by atoms with Crippen LogP contribution in [0.4, 0.5) is 4.79 Å². The Morgan fingerprint density at radius 3 is 2.71 bits per heavy atom. The molecular weight excluding hydrogens is 464 g/mol. The smallest absolute Gasteiger partial charge is 0.409 e. The number of alkyl carbamates (subject to hydrolysis) is 1. The van der Waals surface area contributed by atoms with E-state index < -0.39 is 28.5 Å². The maximum atomic E-state index is 13.5. The first kappa shape index (κ1) is 23.3. The second kappa shape index (κ2) is 9.69. The van der Waals surface area contributed by atoms with Crippen LogP contribution in [-0.4, -0.2) is 42.7 Å². The molecule has 1 fully saturated rings. The Morgan fingerprint density at radius 2 is 1.86 bits per heavy atom. The predicted molar refractivity (Wildman–Crippen MR) is 135 cm³/mol. The van der Waals surface area contributed by atoms with Crippen LogP contribution in [0.15, 0.2) is 77.8 Å². The third-order valence-electron chi connectivity index (χ3n) is 6.39. The number of piperidine rings is 1. The number of aromatic nitrogens is 1. The van der Waals surface area contributed by atoms with Crippen molar-refractivity contribution in [2.45, 2.75) is 43.0 Å². The molecule has 4 aromatic rings. The minimum Gasteiger partial charge on any atom is -0.429 e. The molecule has 9 heteroatoms. The van der Waals surface area contributed by atoms with Gasteiger partial charge in [0.15, 0.2) is 6.23 Å². The van der Waals surface area contributed by atoms with Gasteiger partial charge in [0.05, 0.1) is 11.1 Å². The van der Waals surface area contributed by atoms with Crippen molar-refractivity contribution < 1.29 is 17.9 Å². The number of carbonyl (C=O) groups excluding carboxylic acids is 1. The number of amides is 1. The average molecular weight is 493 g/mol. The molecule has 1 saturated heterocycles. The molecule has 1 aliphatic rings. The molecule has 0 spiro atoms. The lowest BCUT2D eigenvalue weighted by atomic mass is 10.1. The van der Waals surface area contributed by atoms with Crippen molar-refractivity contribution in [1.82, 2.24) is 14.6 Å². The van der Waals surface area contributed by atoms with E-state index in [1.54, 1.807) is 18.2 Å². The summed E-state index contributed by atoms with van der Waals surface area (Å²) in [5.74, 6) is 0. The number of H-pyrrole nitrogens is 1. The fourth-order valence-electron chi connectivity index (χ4n) is 4.63. The van der Waals surface area contributed by atoms with Crippen LogP contribution in [0.5, 0.6) is 0 Å². The van der Waals surface area contributed by atoms with Gasteiger partial charge in [-0.05, 0) is 53.8 Å². The summed E-state index contributed by atoms with van der Waals surface area (Å²) in [6, 6.07) is 20.5. The number of hydrogen-bond donors (Lipinski definition) is 3. The van der Waals surface area contributed by atoms with E-state index in [9.17, 15) is 13.2 Å². The van der Waals surface area contributed by atoms with Crippen molar-refractivity contribution in [3.63, 3.8) is 0 Å². The van der Waals surface area contributed by atoms with Gasteiger partial charge < -0.3 is 20.8 Å². The quantitative estimate of drug-likeness (QED) is 0.351. The molecule has 3 aromatic carbocycles. The number of nitrogens with two attached hydrogens (primary N) is 1. The Kier molecular flexibility index (Phi) is 6.46. The van der Waals surface area contributed by atoms with Gasteiger partial charge in [0.25, 0.3) is 0 Å². The third kappa shape index (κ3) is 4.88. The Hall–Kier alpha value is -3.40. The predicted octanol–water partition coefficient (Wildman–Crippen LogP) is 4.08. The molecule has 0 unspecified atom stereocenters. The van der Waals surface area contributed by atoms with Crippen molar-refractivity contribution in [2.24, 2.45) is 5.73 Å². The molecule has 2 heterocycles. The van der Waals surface area contributed by atoms with Crippen LogP contribution >= 0.6 is 0 Å². The zero-order valence-corrected chi connectivity index (χ0v) is 20.0. The van der Waals surface area contributed by atoms with Gasteiger partial charge >= 0.3 is 6.09 Å². The number of benzene rings is 3. The molecule has 1 aromatic heterocycles. The Morgan fingerprint density at radius 1 is 1.09 bits per heavy atom. The van der Waals surface area contributed by atoms with Gasteiger partial charge in [0, 0.05) is 30.1 Å². The second-order valence-corrected chi connectivity index (χ2v) is 10.7. The van der Waals surface area contributed by atoms with Crippen LogP contribution in [0.3, 0.4) is 0 Å². The normalized spacial score (nSPS) is 17.9. The van der Waals surface area contributed by atoms with Crippen LogP contribution in [-0.2, 0) is 21.2 Å². The molecule has 0 saturated carbocycles. The summed E-state index contributed by atoms with van der Waals surface area (Å²) in [4.78, 5) is 16.0. The maximum absolute atomic E-state index is 13.5. The van der Waals surface area contributed by atoms with Gasteiger partial charge in [-0.2, -0.15) is 4.31 Å². The molecule has 2 atom stereocenters. The second-order valence-electron chi connectivity index (χ2n) is 8.79. The summed E-state index contributed by atoms with van der Waals surface area (Å²) in [6.07, 6.45) is 1.87. The number of ether oxygens (including phenoxy) is 1. The van der Waals surface area contributed by atoms with E-state index >= 15 is 0 Å². The van der Waals surface area contributed by atoms with Crippen molar-refractivity contribution >= 4 is 37.8 Å². The molecule has 0 bridgehead atoms. The highest BCUT2D eigenvalue weighted by molar-refractivity contribution is 7.89. The molecule has 1 aliphatic heterocycles. The topological polar surface area (TPSA) is 118 Å². The van der Waals surface area contributed by atoms with Crippen molar-refractivity contribution in [2.75, 3.05) is 6.54 Å². The highest BCUT2D eigenvalue weighted by Crippen LogP contribution is 2.28. The van der Waals surface area contributed by atoms with Gasteiger partial charge in [0.2, 0.25) is 10.0 Å². The number of aromatic amines is 1. The van der Waals surface area contributed by atoms with Gasteiger partial charge in [-0.15, -0.1) is 0 Å². The summed E-state index contributed by atoms with van der Waals surface area (Å²) in [7, 11) is -3.85. The third-order valence-corrected chi connectivity index (χ3v) is 8.27. The lowest BCUT2D eigenvalue weighted by Crippen LogP contribution is -2.50. The molecular formula is C26H28N4O4S. The summed E-state index contributed by atoms with van der Waals surface area (Å²) >= 11 is 0. The highest BCUT2D eigenvalue weighted by Gasteiger charge is 2.36. The molecule has 0 aliphatic carbocycles. The highest BCUT2D eigenvalue weighted by atomic mass is 32.2. The summed E-state index contributed by atoms with van der Waals surface area (Å²) in [5.41, 5.74) is 8.14. The number of para-hydroxylation sites is 1. The van der Waals surface area contributed by atoms with Gasteiger partial charge in [0.1, 0.15) is 0 Å². The largest absolute Gasteiger partial charge is 0.429 e. The molecule has 35 heavy (non-hydrogen) atoms. The van der Waals surface area contributed by atoms with Gasteiger partial charge in [-0.1, -0.05) is 48.5 Å². The number of nitrogens with one attached hydrogen (secondary N) is 2. The number of fused-ring (bicyclic) bond motifs is 2. The molecule has 1 amide bonds. The van der Waals surface area contributed by atoms with E-state index in [1.807, 2.05) is 54.7 Å². The van der Waals surface area contributed by atoms with Crippen LogP contribution in [0.25, 0.3) is 21.7 Å². The zero-order valence-electron chi connectivity index (χ0n) is 19.2. The first-order valence-electron chi connectivity index (χ1n) is 11.7. The van der Waals surface area contributed by atoms with Crippen LogP contribution < -0.4 is 11.1 Å². The molecule has 8 nitrogen and oxygen atoms in total. The monoisotopic (exact) mass is 492 g/mol. The van der Waals surface area contributed by atoms with E-state index in [4.69, 9.17) is 10.5 Å². The van der Waals surface area contributed by atoms with Crippen molar-refractivity contribution in [3.05, 3.63) is 78.5 Å². The minimum absolute atomic E-state index is 0.183. The first-order valence-corrected chi connectivity index (χ1v) is 13.1. The summed E-state index contributed by atoms with van der Waals surface area (Å²) in [5, 5.41) is 5.48. The van der Waals surface area contributed by atoms with E-state index in [0.717, 1.165) is 33.7 Å². The maximum Gasteiger partial charge on any atom is 0.409 e.